The molecule has 6 aliphatic heterocycles. The van der Waals surface area contributed by atoms with Crippen molar-refractivity contribution in [2.24, 2.45) is 0 Å². The van der Waals surface area contributed by atoms with E-state index in [2.05, 4.69) is 60.5 Å². The van der Waals surface area contributed by atoms with Crippen LogP contribution in [0.2, 0.25) is 0 Å². The van der Waals surface area contributed by atoms with Crippen LogP contribution in [-0.2, 0) is 47.1 Å². The number of likely N-dealkylation sites (tertiary alicyclic amines) is 2. The Hall–Kier alpha value is -1.16. The minimum atomic E-state index is -0.487. The first-order valence-corrected chi connectivity index (χ1v) is 31.4. The van der Waals surface area contributed by atoms with E-state index in [1.807, 2.05) is 158 Å². The molecular weight excluding hydrogens is 1320 g/mol. The van der Waals surface area contributed by atoms with Gasteiger partial charge in [0.15, 0.2) is 0 Å². The number of ether oxygens (including phenoxy) is 4. The zero-order valence-electron chi connectivity index (χ0n) is 57.6. The fourth-order valence-electron chi connectivity index (χ4n) is 8.69. The van der Waals surface area contributed by atoms with E-state index in [-0.39, 0.29) is 209 Å². The van der Waals surface area contributed by atoms with Crippen LogP contribution in [0.3, 0.4) is 0 Å². The first-order valence-electron chi connectivity index (χ1n) is 29.8. The van der Waals surface area contributed by atoms with Gasteiger partial charge >= 0.3 is 136 Å². The number of aliphatic hydroxyl groups is 1. The van der Waals surface area contributed by atoms with Gasteiger partial charge in [0, 0.05) is 37.0 Å². The SMILES string of the molecule is CC(C)(C)OC(=O)N1CC[C@@H](O)C1.CC(C)(C)OC(=O)N1CC[C@H](Oc2ccc(B3OC(C)(C)C(C)(C)O3)cc2)C1.CC1(C)OB(c2ccc(O)cc2)OC1(C)C.CC1(C)OB(c2ccc(O[C@H]3CCNC3)cc2)OC1(C)C.FCCCI.O=CO[O-].[H-].[K+].[K+]. The van der Waals surface area contributed by atoms with E-state index < -0.39 is 11.2 Å². The molecule has 3 aromatic rings. The molecule has 3 aromatic carbocycles. The molecule has 6 heterocycles. The van der Waals surface area contributed by atoms with Crippen LogP contribution in [0, 0.1) is 0 Å². The normalized spacial score (nSPS) is 22.0. The van der Waals surface area contributed by atoms with Gasteiger partial charge in [0.2, 0.25) is 0 Å². The molecule has 3 atom stereocenters. The molecule has 0 bridgehead atoms. The number of rotatable bonds is 10. The van der Waals surface area contributed by atoms with Crippen LogP contribution in [0.5, 0.6) is 17.2 Å². The maximum atomic E-state index is 12.2. The molecule has 0 spiro atoms. The first-order chi connectivity index (χ1) is 40.3. The number of aromatic hydroxyl groups is 1. The van der Waals surface area contributed by atoms with Gasteiger partial charge in [-0.3, -0.25) is 9.18 Å². The molecule has 89 heavy (non-hydrogen) atoms. The summed E-state index contributed by atoms with van der Waals surface area (Å²) >= 11 is 2.15. The number of alkyl halides is 2. The van der Waals surface area contributed by atoms with Crippen LogP contribution in [0.15, 0.2) is 72.8 Å². The van der Waals surface area contributed by atoms with E-state index in [1.165, 1.54) is 4.90 Å². The van der Waals surface area contributed by atoms with Gasteiger partial charge in [0.25, 0.3) is 6.47 Å². The van der Waals surface area contributed by atoms with Crippen molar-refractivity contribution in [3.05, 3.63) is 72.8 Å². The number of nitrogens with one attached hydrogen (secondary N) is 1. The monoisotopic (exact) mass is 1410 g/mol. The largest absolute Gasteiger partial charge is 1.00 e. The molecule has 9 rings (SSSR count). The van der Waals surface area contributed by atoms with E-state index in [0.717, 1.165) is 58.2 Å². The van der Waals surface area contributed by atoms with Gasteiger partial charge in [-0.2, -0.15) is 0 Å². The zero-order chi connectivity index (χ0) is 65.4. The number of hydrogen-bond donors (Lipinski definition) is 3. The van der Waals surface area contributed by atoms with E-state index in [1.54, 1.807) is 17.0 Å². The van der Waals surface area contributed by atoms with Gasteiger partial charge in [-0.05, 0) is 203 Å². The Kier molecular flexibility index (Phi) is 34.7. The summed E-state index contributed by atoms with van der Waals surface area (Å²) in [5.41, 5.74) is 0.0125. The van der Waals surface area contributed by atoms with Crippen molar-refractivity contribution >= 4 is 79.0 Å². The van der Waals surface area contributed by atoms with Crippen LogP contribution in [0.25, 0.3) is 0 Å². The van der Waals surface area contributed by atoms with Crippen molar-refractivity contribution in [1.82, 2.24) is 15.1 Å². The number of benzene rings is 3. The molecule has 488 valence electrons. The topological polar surface area (TPSA) is 235 Å². The summed E-state index contributed by atoms with van der Waals surface area (Å²) < 4.78 is 70.5. The maximum Gasteiger partial charge on any atom is 1.00 e. The van der Waals surface area contributed by atoms with Crippen LogP contribution in [0.4, 0.5) is 14.0 Å². The van der Waals surface area contributed by atoms with Gasteiger partial charge < -0.3 is 83.8 Å². The molecule has 0 unspecified atom stereocenters. The number of phenolic OH excluding ortho intramolecular Hbond substituents is 1. The second kappa shape index (κ2) is 36.8. The van der Waals surface area contributed by atoms with E-state index >= 15 is 0 Å². The van der Waals surface area contributed by atoms with Crippen molar-refractivity contribution in [3.8, 4) is 17.2 Å². The average molecular weight is 1410 g/mol. The number of carbonyl (C=O) groups is 3. The maximum absolute atomic E-state index is 12.2. The Morgan fingerprint density at radius 2 is 0.966 bits per heavy atom. The molecule has 6 fully saturated rings. The standard InChI is InChI=1S/C21H32BNO5.C16H24BNO3.C12H17BO3.C9H17NO3.C3H6FI.CH2O3.2K.H/c1-19(2,3)26-18(24)23-13-12-17(14-23)25-16-10-8-15(9-11-16)22-27-20(4,5)21(6,7)28-22;1-15(2)16(3,4)21-17(20-15)12-5-7-13(8-6-12)19-14-9-10-18-11-14;1-11(2)12(3,4)16-13(15-11)9-5-7-10(14)8-6-9;1-9(2,3)13-8(12)10-5-4-7(11)6-10;4-2-1-3-5;2-1-4-3;;;/h8-11,17H,12-14H2,1-7H3;5-8,14,18H,9-11H2,1-4H3;5-8,14H,1-4H3;7,11H,4-6H2,1-3H3;1-3H2;1,3H;;;/q;;;;;;2*+1;-1/p-1/t17-;14-;;7-;;;;;/m00.1...../s1. The van der Waals surface area contributed by atoms with Crippen LogP contribution in [-0.4, -0.2) is 174 Å². The molecule has 0 aromatic heterocycles. The second-order valence-corrected chi connectivity index (χ2v) is 28.1. The number of halogens is 2. The molecule has 27 heteroatoms. The van der Waals surface area contributed by atoms with Crippen LogP contribution < -0.4 is 139 Å². The fraction of sp³-hybridized carbons (Fsp3) is 0.661. The summed E-state index contributed by atoms with van der Waals surface area (Å²) in [5.74, 6) is 1.93. The van der Waals surface area contributed by atoms with E-state index in [4.69, 9.17) is 56.9 Å². The van der Waals surface area contributed by atoms with Crippen LogP contribution >= 0.6 is 22.6 Å². The third-order valence-corrected chi connectivity index (χ3v) is 16.5. The van der Waals surface area contributed by atoms with Gasteiger partial charge in [-0.25, -0.2) is 9.59 Å². The predicted octanol–water partition coefficient (Wildman–Crippen LogP) is 2.12. The number of amides is 2. The summed E-state index contributed by atoms with van der Waals surface area (Å²) in [6.45, 7) is 39.4. The number of β-amino-alcohol motifs (C(OH)–C–C–N with tert-alkyl or cyclic N) is 1. The van der Waals surface area contributed by atoms with Crippen molar-refractivity contribution in [2.45, 2.75) is 213 Å². The Morgan fingerprint density at radius 3 is 1.25 bits per heavy atom. The number of phenols is 1. The molecule has 0 radical (unpaired) electrons. The fourth-order valence-corrected chi connectivity index (χ4v) is 8.98. The van der Waals surface area contributed by atoms with Crippen molar-refractivity contribution < 1.29 is 190 Å². The quantitative estimate of drug-likeness (QED) is 0.0659. The molecule has 0 saturated carbocycles. The zero-order valence-corrected chi connectivity index (χ0v) is 65.0. The molecular formula is C62H98B3FIK2N3O17. The Morgan fingerprint density at radius 1 is 0.629 bits per heavy atom. The first kappa shape index (κ1) is 83.9. The van der Waals surface area contributed by atoms with Crippen molar-refractivity contribution in [3.63, 3.8) is 0 Å². The third kappa shape index (κ3) is 27.1. The van der Waals surface area contributed by atoms with Gasteiger partial charge in [0.05, 0.1) is 52.9 Å². The predicted molar refractivity (Wildman–Crippen MR) is 343 cm³/mol. The summed E-state index contributed by atoms with van der Waals surface area (Å²) in [4.78, 5) is 38.1. The minimum absolute atomic E-state index is 0. The molecule has 6 aliphatic rings. The average Bonchev–Trinajstić information content (AvgIpc) is 1.82. The minimum Gasteiger partial charge on any atom is -1.00 e. The Balaban J connectivity index is 0.000000584. The van der Waals surface area contributed by atoms with Gasteiger partial charge in [-0.15, -0.1) is 0 Å². The Labute approximate surface area is 630 Å². The Bertz CT molecular complexity index is 2560. The number of carbonyl (C=O) groups excluding carboxylic acids is 3. The van der Waals surface area contributed by atoms with Crippen LogP contribution in [0.1, 0.15) is 152 Å². The molecule has 6 saturated heterocycles. The molecule has 3 N–H and O–H groups in total. The molecule has 0 aliphatic carbocycles. The summed E-state index contributed by atoms with van der Waals surface area (Å²) in [6.07, 6.45) is 2.48. The summed E-state index contributed by atoms with van der Waals surface area (Å²) in [6, 6.07) is 22.8. The smallest absolute Gasteiger partial charge is 1.00 e. The van der Waals surface area contributed by atoms with Crippen molar-refractivity contribution in [1.29, 1.82) is 0 Å². The summed E-state index contributed by atoms with van der Waals surface area (Å²) in [7, 11) is -1.05. The van der Waals surface area contributed by atoms with Gasteiger partial charge in [-0.1, -0.05) is 59.0 Å². The molecule has 20 nitrogen and oxygen atoms in total. The number of aliphatic hydroxyl groups excluding tert-OH is 1. The molecule has 2 amide bonds. The third-order valence-electron chi connectivity index (χ3n) is 15.8. The van der Waals surface area contributed by atoms with E-state index in [0.29, 0.717) is 39.0 Å². The summed E-state index contributed by atoms with van der Waals surface area (Å²) in [5, 5.41) is 30.2. The number of nitrogens with zero attached hydrogens (tertiary/aromatic N) is 2. The second-order valence-electron chi connectivity index (χ2n) is 27.0. The van der Waals surface area contributed by atoms with Crippen molar-refractivity contribution in [2.75, 3.05) is 50.4 Å². The van der Waals surface area contributed by atoms with E-state index in [9.17, 15) is 24.2 Å². The number of hydrogen-bond acceptors (Lipinski definition) is 18. The van der Waals surface area contributed by atoms with Gasteiger partial charge in [0.1, 0.15) is 40.7 Å².